The lowest BCUT2D eigenvalue weighted by molar-refractivity contribution is 0.485. The van der Waals surface area contributed by atoms with Crippen molar-refractivity contribution >= 4 is 22.8 Å². The summed E-state index contributed by atoms with van der Waals surface area (Å²) in [5.41, 5.74) is 4.57. The van der Waals surface area contributed by atoms with E-state index < -0.39 is 0 Å². The normalized spacial score (nSPS) is 11.2. The zero-order chi connectivity index (χ0) is 20.3. The largest absolute Gasteiger partial charge is 0.467 e. The Balaban J connectivity index is 1.47. The lowest BCUT2D eigenvalue weighted by Crippen LogP contribution is -2.04. The van der Waals surface area contributed by atoms with Crippen molar-refractivity contribution in [3.05, 3.63) is 84.3 Å². The van der Waals surface area contributed by atoms with E-state index in [4.69, 9.17) is 9.40 Å². The van der Waals surface area contributed by atoms with E-state index in [0.29, 0.717) is 12.3 Å². The molecule has 0 aliphatic carbocycles. The average molecular weight is 414 g/mol. The fourth-order valence-corrected chi connectivity index (χ4v) is 4.14. The minimum Gasteiger partial charge on any atom is -0.467 e. The van der Waals surface area contributed by atoms with Gasteiger partial charge in [-0.1, -0.05) is 23.9 Å². The Morgan fingerprint density at radius 2 is 1.83 bits per heavy atom. The number of aromatic nitrogens is 6. The van der Waals surface area contributed by atoms with Crippen molar-refractivity contribution in [1.82, 2.24) is 29.7 Å². The summed E-state index contributed by atoms with van der Waals surface area (Å²) in [4.78, 5) is 13.7. The van der Waals surface area contributed by atoms with E-state index in [2.05, 4.69) is 20.2 Å². The molecule has 148 valence electrons. The van der Waals surface area contributed by atoms with Crippen molar-refractivity contribution in [1.29, 1.82) is 0 Å². The van der Waals surface area contributed by atoms with Crippen LogP contribution in [0.2, 0.25) is 0 Å². The highest BCUT2D eigenvalue weighted by molar-refractivity contribution is 7.98. The Bertz CT molecular complexity index is 1280. The zero-order valence-electron chi connectivity index (χ0n) is 16.3. The number of nitrogens with zero attached hydrogens (tertiary/aromatic N) is 6. The molecule has 0 spiro atoms. The van der Waals surface area contributed by atoms with E-state index in [0.717, 1.165) is 44.7 Å². The number of para-hydroxylation sites is 2. The van der Waals surface area contributed by atoms with E-state index in [1.54, 1.807) is 30.4 Å². The summed E-state index contributed by atoms with van der Waals surface area (Å²) in [6, 6.07) is 15.6. The van der Waals surface area contributed by atoms with Gasteiger partial charge in [0.05, 0.1) is 35.2 Å². The smallest absolute Gasteiger partial charge is 0.192 e. The summed E-state index contributed by atoms with van der Waals surface area (Å²) < 4.78 is 7.61. The Morgan fingerprint density at radius 1 is 0.967 bits per heavy atom. The Labute approximate surface area is 177 Å². The third-order valence-electron chi connectivity index (χ3n) is 4.71. The van der Waals surface area contributed by atoms with Crippen molar-refractivity contribution in [2.75, 3.05) is 0 Å². The Hall–Kier alpha value is -3.52. The van der Waals surface area contributed by atoms with Crippen molar-refractivity contribution < 1.29 is 4.42 Å². The molecule has 7 nitrogen and oxygen atoms in total. The standard InChI is InChI=1S/C22H18N6OS/c1-15-20(25-19-9-3-2-8-18(19)24-15)14-30-22-27-26-21(16-6-4-10-23-12-16)28(22)13-17-7-5-11-29-17/h2-12H,13-14H2,1H3. The van der Waals surface area contributed by atoms with Crippen LogP contribution in [0.25, 0.3) is 22.4 Å². The number of benzene rings is 1. The molecule has 0 aliphatic rings. The van der Waals surface area contributed by atoms with Gasteiger partial charge in [0.25, 0.3) is 0 Å². The molecule has 4 aromatic heterocycles. The van der Waals surface area contributed by atoms with Gasteiger partial charge in [0.15, 0.2) is 11.0 Å². The van der Waals surface area contributed by atoms with Crippen LogP contribution in [0.1, 0.15) is 17.1 Å². The molecule has 0 amide bonds. The van der Waals surface area contributed by atoms with Gasteiger partial charge in [-0.3, -0.25) is 9.55 Å². The molecule has 0 fully saturated rings. The molecule has 0 radical (unpaired) electrons. The van der Waals surface area contributed by atoms with Crippen LogP contribution in [0.5, 0.6) is 0 Å². The van der Waals surface area contributed by atoms with Crippen molar-refractivity contribution in [3.8, 4) is 11.4 Å². The van der Waals surface area contributed by atoms with Gasteiger partial charge >= 0.3 is 0 Å². The summed E-state index contributed by atoms with van der Waals surface area (Å²) >= 11 is 1.58. The van der Waals surface area contributed by atoms with Crippen LogP contribution < -0.4 is 0 Å². The lowest BCUT2D eigenvalue weighted by Gasteiger charge is -2.09. The molecule has 0 saturated heterocycles. The van der Waals surface area contributed by atoms with Crippen LogP contribution in [-0.4, -0.2) is 29.7 Å². The molecular formula is C22H18N6OS. The minimum absolute atomic E-state index is 0.537. The fourth-order valence-electron chi connectivity index (χ4n) is 3.20. The molecule has 5 aromatic rings. The molecule has 0 bridgehead atoms. The highest BCUT2D eigenvalue weighted by Gasteiger charge is 2.17. The van der Waals surface area contributed by atoms with Gasteiger partial charge in [-0.2, -0.15) is 0 Å². The quantitative estimate of drug-likeness (QED) is 0.378. The van der Waals surface area contributed by atoms with Gasteiger partial charge in [0.2, 0.25) is 0 Å². The van der Waals surface area contributed by atoms with Crippen LogP contribution in [-0.2, 0) is 12.3 Å². The molecule has 0 N–H and O–H groups in total. The zero-order valence-corrected chi connectivity index (χ0v) is 17.1. The van der Waals surface area contributed by atoms with E-state index >= 15 is 0 Å². The molecule has 0 atom stereocenters. The number of hydrogen-bond donors (Lipinski definition) is 0. The first-order valence-corrected chi connectivity index (χ1v) is 10.5. The van der Waals surface area contributed by atoms with Crippen LogP contribution >= 0.6 is 11.8 Å². The summed E-state index contributed by atoms with van der Waals surface area (Å²) in [6.45, 7) is 2.53. The molecular weight excluding hydrogens is 396 g/mol. The number of hydrogen-bond acceptors (Lipinski definition) is 7. The molecule has 1 aromatic carbocycles. The van der Waals surface area contributed by atoms with E-state index in [9.17, 15) is 0 Å². The Kier molecular flexibility index (Phi) is 4.98. The van der Waals surface area contributed by atoms with Crippen molar-refractivity contribution in [2.24, 2.45) is 0 Å². The molecule has 5 rings (SSSR count). The van der Waals surface area contributed by atoms with Crippen LogP contribution in [0.15, 0.2) is 76.8 Å². The number of pyridine rings is 1. The highest BCUT2D eigenvalue weighted by Crippen LogP contribution is 2.28. The molecule has 4 heterocycles. The maximum absolute atomic E-state index is 5.56. The van der Waals surface area contributed by atoms with E-state index in [-0.39, 0.29) is 0 Å². The lowest BCUT2D eigenvalue weighted by atomic mass is 10.2. The summed E-state index contributed by atoms with van der Waals surface area (Å²) in [7, 11) is 0. The first-order chi connectivity index (χ1) is 14.8. The maximum Gasteiger partial charge on any atom is 0.192 e. The molecule has 30 heavy (non-hydrogen) atoms. The van der Waals surface area contributed by atoms with Crippen LogP contribution in [0, 0.1) is 6.92 Å². The first-order valence-electron chi connectivity index (χ1n) is 9.49. The van der Waals surface area contributed by atoms with Gasteiger partial charge < -0.3 is 4.42 Å². The third-order valence-corrected chi connectivity index (χ3v) is 5.69. The summed E-state index contributed by atoms with van der Waals surface area (Å²) in [6.07, 6.45) is 5.20. The molecule has 0 unspecified atom stereocenters. The predicted octanol–water partition coefficient (Wildman–Crippen LogP) is 4.53. The first kappa shape index (κ1) is 18.5. The molecule has 0 saturated carbocycles. The van der Waals surface area contributed by atoms with Crippen LogP contribution in [0.4, 0.5) is 0 Å². The van der Waals surface area contributed by atoms with E-state index in [1.807, 2.05) is 60.0 Å². The summed E-state index contributed by atoms with van der Waals surface area (Å²) in [5.74, 6) is 2.24. The van der Waals surface area contributed by atoms with Gasteiger partial charge in [0.1, 0.15) is 5.76 Å². The second kappa shape index (κ2) is 8.08. The fraction of sp³-hybridized carbons (Fsp3) is 0.136. The number of aryl methyl sites for hydroxylation is 1. The average Bonchev–Trinajstić information content (AvgIpc) is 3.43. The number of fused-ring (bicyclic) bond motifs is 1. The number of rotatable bonds is 6. The van der Waals surface area contributed by atoms with Gasteiger partial charge in [0, 0.05) is 23.7 Å². The SMILES string of the molecule is Cc1nc2ccccc2nc1CSc1nnc(-c2cccnc2)n1Cc1ccco1. The highest BCUT2D eigenvalue weighted by atomic mass is 32.2. The van der Waals surface area contributed by atoms with E-state index in [1.165, 1.54) is 0 Å². The topological polar surface area (TPSA) is 82.5 Å². The monoisotopic (exact) mass is 414 g/mol. The minimum atomic E-state index is 0.537. The Morgan fingerprint density at radius 3 is 2.60 bits per heavy atom. The second-order valence-corrected chi connectivity index (χ2v) is 7.69. The number of furan rings is 1. The molecule has 8 heteroatoms. The van der Waals surface area contributed by atoms with Crippen LogP contribution in [0.3, 0.4) is 0 Å². The predicted molar refractivity (Wildman–Crippen MR) is 115 cm³/mol. The summed E-state index contributed by atoms with van der Waals surface area (Å²) in [5, 5.41) is 9.66. The second-order valence-electron chi connectivity index (χ2n) is 6.75. The van der Waals surface area contributed by atoms with Gasteiger partial charge in [-0.25, -0.2) is 9.97 Å². The number of thioether (sulfide) groups is 1. The third kappa shape index (κ3) is 3.69. The van der Waals surface area contributed by atoms with Crippen molar-refractivity contribution in [3.63, 3.8) is 0 Å². The molecule has 0 aliphatic heterocycles. The maximum atomic E-state index is 5.56. The van der Waals surface area contributed by atoms with Gasteiger partial charge in [-0.05, 0) is 43.3 Å². The van der Waals surface area contributed by atoms with Crippen molar-refractivity contribution in [2.45, 2.75) is 24.4 Å². The van der Waals surface area contributed by atoms with Gasteiger partial charge in [-0.15, -0.1) is 10.2 Å².